The predicted octanol–water partition coefficient (Wildman–Crippen LogP) is 3.98. The number of aliphatic imine (C=N–C) groups is 1. The highest BCUT2D eigenvalue weighted by atomic mass is 127. The lowest BCUT2D eigenvalue weighted by Crippen LogP contribution is -2.38. The number of rotatable bonds is 9. The number of esters is 1. The van der Waals surface area contributed by atoms with Crippen LogP contribution < -0.4 is 10.6 Å². The molecule has 1 aromatic carbocycles. The van der Waals surface area contributed by atoms with Crippen molar-refractivity contribution in [2.75, 3.05) is 32.8 Å². The Kier molecular flexibility index (Phi) is 12.9. The molecule has 1 aromatic rings. The van der Waals surface area contributed by atoms with Crippen LogP contribution in [0.2, 0.25) is 0 Å². The molecule has 2 atom stereocenters. The number of nitrogens with one attached hydrogen (secondary N) is 2. The molecule has 0 aromatic heterocycles. The summed E-state index contributed by atoms with van der Waals surface area (Å²) >= 11 is 0. The van der Waals surface area contributed by atoms with Crippen LogP contribution in [0.25, 0.3) is 0 Å². The highest BCUT2D eigenvalue weighted by molar-refractivity contribution is 14.0. The van der Waals surface area contributed by atoms with Crippen LogP contribution in [-0.2, 0) is 14.3 Å². The van der Waals surface area contributed by atoms with Crippen molar-refractivity contribution < 1.29 is 14.3 Å². The van der Waals surface area contributed by atoms with Gasteiger partial charge in [0.1, 0.15) is 0 Å². The van der Waals surface area contributed by atoms with Gasteiger partial charge in [-0.2, -0.15) is 0 Å². The minimum Gasteiger partial charge on any atom is -0.466 e. The summed E-state index contributed by atoms with van der Waals surface area (Å²) in [6.45, 7) is 9.42. The van der Waals surface area contributed by atoms with Gasteiger partial charge in [0.2, 0.25) is 0 Å². The van der Waals surface area contributed by atoms with Crippen molar-refractivity contribution in [3.63, 3.8) is 0 Å². The van der Waals surface area contributed by atoms with E-state index in [1.165, 1.54) is 11.1 Å². The van der Waals surface area contributed by atoms with E-state index in [2.05, 4.69) is 48.7 Å². The fraction of sp³-hybridized carbons (Fsp3) is 0.636. The summed E-state index contributed by atoms with van der Waals surface area (Å²) in [5.41, 5.74) is 2.49. The summed E-state index contributed by atoms with van der Waals surface area (Å²) in [6.07, 6.45) is 3.44. The molecule has 2 unspecified atom stereocenters. The van der Waals surface area contributed by atoms with Gasteiger partial charge in [0, 0.05) is 38.6 Å². The lowest BCUT2D eigenvalue weighted by molar-refractivity contribution is -0.143. The number of guanidine groups is 1. The SMILES string of the molecule is CCNC(=NCC1CCCOC1c1ccc(C)cc1)NCCCC(=O)OCC.I. The average molecular weight is 517 g/mol. The molecule has 2 rings (SSSR count). The van der Waals surface area contributed by atoms with Crippen LogP contribution in [0.15, 0.2) is 29.3 Å². The molecule has 1 saturated heterocycles. The van der Waals surface area contributed by atoms with Gasteiger partial charge in [-0.05, 0) is 45.6 Å². The van der Waals surface area contributed by atoms with Crippen LogP contribution in [0.3, 0.4) is 0 Å². The zero-order valence-electron chi connectivity index (χ0n) is 17.9. The van der Waals surface area contributed by atoms with Gasteiger partial charge in [0.05, 0.1) is 12.7 Å². The third-order valence-electron chi connectivity index (χ3n) is 4.83. The lowest BCUT2D eigenvalue weighted by Gasteiger charge is -2.31. The summed E-state index contributed by atoms with van der Waals surface area (Å²) in [4.78, 5) is 16.2. The Balaban J connectivity index is 0.00000420. The van der Waals surface area contributed by atoms with Crippen LogP contribution in [-0.4, -0.2) is 44.8 Å². The molecule has 0 spiro atoms. The molecule has 2 N–H and O–H groups in total. The normalized spacial score (nSPS) is 19.2. The fourth-order valence-corrected chi connectivity index (χ4v) is 3.38. The maximum absolute atomic E-state index is 11.4. The van der Waals surface area contributed by atoms with Crippen molar-refractivity contribution in [3.8, 4) is 0 Å². The molecule has 0 aliphatic carbocycles. The number of hydrogen-bond acceptors (Lipinski definition) is 4. The second-order valence-corrected chi connectivity index (χ2v) is 7.16. The van der Waals surface area contributed by atoms with E-state index in [0.717, 1.165) is 38.4 Å². The van der Waals surface area contributed by atoms with Crippen molar-refractivity contribution in [2.24, 2.45) is 10.9 Å². The van der Waals surface area contributed by atoms with E-state index in [9.17, 15) is 4.79 Å². The fourth-order valence-electron chi connectivity index (χ4n) is 3.38. The molecule has 0 bridgehead atoms. The first-order chi connectivity index (χ1) is 13.6. The van der Waals surface area contributed by atoms with Gasteiger partial charge in [-0.3, -0.25) is 9.79 Å². The van der Waals surface area contributed by atoms with Crippen LogP contribution in [0.5, 0.6) is 0 Å². The van der Waals surface area contributed by atoms with Gasteiger partial charge >= 0.3 is 5.97 Å². The van der Waals surface area contributed by atoms with E-state index >= 15 is 0 Å². The average Bonchev–Trinajstić information content (AvgIpc) is 2.70. The zero-order valence-corrected chi connectivity index (χ0v) is 20.2. The summed E-state index contributed by atoms with van der Waals surface area (Å²) in [7, 11) is 0. The third-order valence-corrected chi connectivity index (χ3v) is 4.83. The first kappa shape index (κ1) is 25.7. The molecule has 0 radical (unpaired) electrons. The maximum Gasteiger partial charge on any atom is 0.305 e. The molecule has 1 heterocycles. The molecule has 1 fully saturated rings. The van der Waals surface area contributed by atoms with Crippen molar-refractivity contribution >= 4 is 35.9 Å². The van der Waals surface area contributed by atoms with E-state index < -0.39 is 0 Å². The van der Waals surface area contributed by atoms with Gasteiger partial charge in [0.25, 0.3) is 0 Å². The molecular formula is C22H36IN3O3. The van der Waals surface area contributed by atoms with Gasteiger partial charge in [-0.15, -0.1) is 24.0 Å². The van der Waals surface area contributed by atoms with E-state index in [4.69, 9.17) is 14.5 Å². The zero-order chi connectivity index (χ0) is 20.2. The maximum atomic E-state index is 11.4. The molecule has 29 heavy (non-hydrogen) atoms. The van der Waals surface area contributed by atoms with E-state index in [0.29, 0.717) is 32.0 Å². The molecule has 6 nitrogen and oxygen atoms in total. The van der Waals surface area contributed by atoms with Crippen molar-refractivity contribution in [3.05, 3.63) is 35.4 Å². The molecule has 7 heteroatoms. The Morgan fingerprint density at radius 2 is 2.00 bits per heavy atom. The summed E-state index contributed by atoms with van der Waals surface area (Å²) in [5.74, 6) is 1.01. The summed E-state index contributed by atoms with van der Waals surface area (Å²) in [6, 6.07) is 8.62. The Hall–Kier alpha value is -1.35. The Labute approximate surface area is 192 Å². The number of hydrogen-bond donors (Lipinski definition) is 2. The Morgan fingerprint density at radius 3 is 2.69 bits per heavy atom. The van der Waals surface area contributed by atoms with E-state index in [1.807, 2.05) is 6.92 Å². The van der Waals surface area contributed by atoms with Crippen LogP contribution in [0.4, 0.5) is 0 Å². The van der Waals surface area contributed by atoms with Crippen molar-refractivity contribution in [1.82, 2.24) is 10.6 Å². The topological polar surface area (TPSA) is 72.0 Å². The summed E-state index contributed by atoms with van der Waals surface area (Å²) in [5, 5.41) is 6.59. The van der Waals surface area contributed by atoms with E-state index in [-0.39, 0.29) is 36.0 Å². The van der Waals surface area contributed by atoms with Crippen LogP contribution in [0.1, 0.15) is 56.8 Å². The number of benzene rings is 1. The Bertz CT molecular complexity index is 622. The summed E-state index contributed by atoms with van der Waals surface area (Å²) < 4.78 is 11.1. The number of ether oxygens (including phenoxy) is 2. The molecule has 0 saturated carbocycles. The van der Waals surface area contributed by atoms with Crippen molar-refractivity contribution in [1.29, 1.82) is 0 Å². The standard InChI is InChI=1S/C22H35N3O3.HI/c1-4-23-22(24-14-6-9-20(26)27-5-2)25-16-19-8-7-15-28-21(19)18-12-10-17(3)11-13-18;/h10-13,19,21H,4-9,14-16H2,1-3H3,(H2,23,24,25);1H. The quantitative estimate of drug-likeness (QED) is 0.171. The number of aryl methyl sites for hydroxylation is 1. The molecule has 164 valence electrons. The second kappa shape index (κ2) is 14.6. The molecular weight excluding hydrogens is 481 g/mol. The van der Waals surface area contributed by atoms with Crippen molar-refractivity contribution in [2.45, 2.75) is 52.6 Å². The van der Waals surface area contributed by atoms with E-state index in [1.54, 1.807) is 0 Å². The number of carbonyl (C=O) groups is 1. The van der Waals surface area contributed by atoms with Gasteiger partial charge in [-0.1, -0.05) is 29.8 Å². The van der Waals surface area contributed by atoms with Gasteiger partial charge in [0.15, 0.2) is 5.96 Å². The Morgan fingerprint density at radius 1 is 1.24 bits per heavy atom. The van der Waals surface area contributed by atoms with Crippen LogP contribution >= 0.6 is 24.0 Å². The smallest absolute Gasteiger partial charge is 0.305 e. The van der Waals surface area contributed by atoms with Gasteiger partial charge in [-0.25, -0.2) is 0 Å². The number of carbonyl (C=O) groups excluding carboxylic acids is 1. The highest BCUT2D eigenvalue weighted by Crippen LogP contribution is 2.33. The third kappa shape index (κ3) is 9.33. The van der Waals surface area contributed by atoms with Crippen LogP contribution in [0, 0.1) is 12.8 Å². The van der Waals surface area contributed by atoms with Gasteiger partial charge < -0.3 is 20.1 Å². The largest absolute Gasteiger partial charge is 0.466 e. The first-order valence-corrected chi connectivity index (χ1v) is 10.5. The number of nitrogens with zero attached hydrogens (tertiary/aromatic N) is 1. The number of halogens is 1. The lowest BCUT2D eigenvalue weighted by atomic mass is 9.89. The predicted molar refractivity (Wildman–Crippen MR) is 128 cm³/mol. The first-order valence-electron chi connectivity index (χ1n) is 10.5. The monoisotopic (exact) mass is 517 g/mol. The molecule has 1 aliphatic heterocycles. The minimum atomic E-state index is -0.147. The molecule has 1 aliphatic rings. The highest BCUT2D eigenvalue weighted by Gasteiger charge is 2.27. The minimum absolute atomic E-state index is 0. The molecule has 0 amide bonds. The second-order valence-electron chi connectivity index (χ2n) is 7.16.